The number of amides is 2. The van der Waals surface area contributed by atoms with Gasteiger partial charge in [0.15, 0.2) is 0 Å². The molecule has 9 heteroatoms. The quantitative estimate of drug-likeness (QED) is 0.497. The molecule has 3 rings (SSSR count). The largest absolute Gasteiger partial charge is 0.468 e. The lowest BCUT2D eigenvalue weighted by Crippen LogP contribution is -2.33. The molecule has 0 aliphatic carbocycles. The lowest BCUT2D eigenvalue weighted by atomic mass is 10.1. The second-order valence-electron chi connectivity index (χ2n) is 6.91. The van der Waals surface area contributed by atoms with Crippen LogP contribution < -0.4 is 15.4 Å². The Labute approximate surface area is 180 Å². The highest BCUT2D eigenvalue weighted by Gasteiger charge is 2.17. The van der Waals surface area contributed by atoms with Crippen LogP contribution in [-0.2, 0) is 21.4 Å². The second kappa shape index (κ2) is 9.59. The first-order valence-electron chi connectivity index (χ1n) is 9.52. The van der Waals surface area contributed by atoms with Crippen LogP contribution in [0.3, 0.4) is 0 Å². The van der Waals surface area contributed by atoms with Crippen molar-refractivity contribution in [3.05, 3.63) is 83.3 Å². The number of benzene rings is 2. The van der Waals surface area contributed by atoms with Crippen molar-refractivity contribution < 1.29 is 22.4 Å². The number of aryl methyl sites for hydroxylation is 1. The van der Waals surface area contributed by atoms with Crippen LogP contribution in [0.5, 0.6) is 0 Å². The average Bonchev–Trinajstić information content (AvgIpc) is 3.28. The molecule has 3 aromatic rings. The number of rotatable bonds is 8. The van der Waals surface area contributed by atoms with Crippen LogP contribution in [0, 0.1) is 13.8 Å². The van der Waals surface area contributed by atoms with E-state index < -0.39 is 15.9 Å². The minimum absolute atomic E-state index is 0.00962. The molecular formula is C22H23N3O5S. The third-order valence-corrected chi connectivity index (χ3v) is 6.11. The van der Waals surface area contributed by atoms with Crippen molar-refractivity contribution in [2.24, 2.45) is 0 Å². The standard InChI is InChI=1S/C22H23N3O5S/c1-15-6-3-10-20(16(15)2)25-21(26)14-23-22(27)17-7-4-9-19(12-17)31(28,29)24-13-18-8-5-11-30-18/h3-12,24H,13-14H2,1-2H3,(H,23,27)(H,25,26). The van der Waals surface area contributed by atoms with Crippen molar-refractivity contribution >= 4 is 27.5 Å². The van der Waals surface area contributed by atoms with E-state index >= 15 is 0 Å². The molecule has 0 aliphatic rings. The molecule has 1 aromatic heterocycles. The number of sulfonamides is 1. The summed E-state index contributed by atoms with van der Waals surface area (Å²) in [5.41, 5.74) is 2.79. The van der Waals surface area contributed by atoms with Crippen molar-refractivity contribution in [1.29, 1.82) is 0 Å². The molecule has 0 aliphatic heterocycles. The van der Waals surface area contributed by atoms with Crippen molar-refractivity contribution in [2.45, 2.75) is 25.3 Å². The third-order valence-electron chi connectivity index (χ3n) is 4.71. The second-order valence-corrected chi connectivity index (χ2v) is 8.68. The number of hydrogen-bond acceptors (Lipinski definition) is 5. The van der Waals surface area contributed by atoms with Crippen molar-refractivity contribution in [3.63, 3.8) is 0 Å². The normalized spacial score (nSPS) is 11.2. The summed E-state index contributed by atoms with van der Waals surface area (Å²) in [7, 11) is -3.84. The topological polar surface area (TPSA) is 118 Å². The molecule has 162 valence electrons. The predicted octanol–water partition coefficient (Wildman–Crippen LogP) is 2.74. The lowest BCUT2D eigenvalue weighted by Gasteiger charge is -2.11. The Bertz CT molecular complexity index is 1190. The Morgan fingerprint density at radius 2 is 1.77 bits per heavy atom. The highest BCUT2D eigenvalue weighted by molar-refractivity contribution is 7.89. The molecule has 0 bridgehead atoms. The first kappa shape index (κ1) is 22.3. The van der Waals surface area contributed by atoms with E-state index in [1.807, 2.05) is 26.0 Å². The Balaban J connectivity index is 1.60. The zero-order chi connectivity index (χ0) is 22.4. The lowest BCUT2D eigenvalue weighted by molar-refractivity contribution is -0.115. The highest BCUT2D eigenvalue weighted by Crippen LogP contribution is 2.17. The minimum atomic E-state index is -3.84. The van der Waals surface area contributed by atoms with Crippen molar-refractivity contribution in [2.75, 3.05) is 11.9 Å². The number of anilines is 1. The fraction of sp³-hybridized carbons (Fsp3) is 0.182. The Morgan fingerprint density at radius 3 is 2.52 bits per heavy atom. The maximum atomic E-state index is 12.5. The van der Waals surface area contributed by atoms with Gasteiger partial charge in [0.1, 0.15) is 5.76 Å². The molecule has 0 saturated carbocycles. The maximum absolute atomic E-state index is 12.5. The first-order valence-corrected chi connectivity index (χ1v) is 11.0. The number of hydrogen-bond donors (Lipinski definition) is 3. The maximum Gasteiger partial charge on any atom is 0.251 e. The van der Waals surface area contributed by atoms with Crippen LogP contribution in [0.2, 0.25) is 0 Å². The van der Waals surface area contributed by atoms with Crippen LogP contribution in [0.15, 0.2) is 70.2 Å². The molecule has 0 atom stereocenters. The molecule has 1 heterocycles. The summed E-state index contributed by atoms with van der Waals surface area (Å²) in [6, 6.07) is 14.4. The van der Waals surface area contributed by atoms with Gasteiger partial charge in [-0.05, 0) is 61.4 Å². The molecule has 2 aromatic carbocycles. The van der Waals surface area contributed by atoms with E-state index in [0.717, 1.165) is 11.1 Å². The Morgan fingerprint density at radius 1 is 1.00 bits per heavy atom. The van der Waals surface area contributed by atoms with Crippen LogP contribution >= 0.6 is 0 Å². The van der Waals surface area contributed by atoms with Gasteiger partial charge in [-0.1, -0.05) is 18.2 Å². The Hall–Kier alpha value is -3.43. The van der Waals surface area contributed by atoms with Gasteiger partial charge in [0.05, 0.1) is 24.2 Å². The predicted molar refractivity (Wildman–Crippen MR) is 116 cm³/mol. The van der Waals surface area contributed by atoms with Crippen molar-refractivity contribution in [3.8, 4) is 0 Å². The van der Waals surface area contributed by atoms with Crippen LogP contribution in [0.25, 0.3) is 0 Å². The van der Waals surface area contributed by atoms with Gasteiger partial charge < -0.3 is 15.1 Å². The summed E-state index contributed by atoms with van der Waals surface area (Å²) in [4.78, 5) is 24.6. The van der Waals surface area contributed by atoms with Crippen LogP contribution in [0.1, 0.15) is 27.2 Å². The van der Waals surface area contributed by atoms with Gasteiger partial charge in [-0.15, -0.1) is 0 Å². The van der Waals surface area contributed by atoms with Gasteiger partial charge in [-0.25, -0.2) is 13.1 Å². The molecule has 31 heavy (non-hydrogen) atoms. The van der Waals surface area contributed by atoms with Gasteiger partial charge in [-0.2, -0.15) is 0 Å². The van der Waals surface area contributed by atoms with E-state index in [4.69, 9.17) is 4.42 Å². The monoisotopic (exact) mass is 441 g/mol. The number of nitrogens with one attached hydrogen (secondary N) is 3. The fourth-order valence-electron chi connectivity index (χ4n) is 2.81. The SMILES string of the molecule is Cc1cccc(NC(=O)CNC(=O)c2cccc(S(=O)(=O)NCc3ccco3)c2)c1C. The summed E-state index contributed by atoms with van der Waals surface area (Å²) >= 11 is 0. The number of carbonyl (C=O) groups is 2. The van der Waals surface area contributed by atoms with E-state index in [2.05, 4.69) is 15.4 Å². The summed E-state index contributed by atoms with van der Waals surface area (Å²) in [5.74, 6) is -0.475. The third kappa shape index (κ3) is 5.80. The van der Waals surface area contributed by atoms with E-state index in [1.54, 1.807) is 18.2 Å². The van der Waals surface area contributed by atoms with Gasteiger partial charge in [0.25, 0.3) is 5.91 Å². The van der Waals surface area contributed by atoms with Crippen LogP contribution in [0.4, 0.5) is 5.69 Å². The fourth-order valence-corrected chi connectivity index (χ4v) is 3.85. The zero-order valence-corrected chi connectivity index (χ0v) is 18.0. The minimum Gasteiger partial charge on any atom is -0.468 e. The smallest absolute Gasteiger partial charge is 0.251 e. The first-order chi connectivity index (χ1) is 14.8. The molecule has 8 nitrogen and oxygen atoms in total. The number of carbonyl (C=O) groups excluding carboxylic acids is 2. The molecule has 0 spiro atoms. The molecular weight excluding hydrogens is 418 g/mol. The van der Waals surface area contributed by atoms with Gasteiger partial charge >= 0.3 is 0 Å². The summed E-state index contributed by atoms with van der Waals surface area (Å²) in [5, 5.41) is 5.26. The molecule has 0 unspecified atom stereocenters. The summed E-state index contributed by atoms with van der Waals surface area (Å²) < 4.78 is 32.5. The van der Waals surface area contributed by atoms with E-state index in [-0.39, 0.29) is 29.5 Å². The van der Waals surface area contributed by atoms with Gasteiger partial charge in [0, 0.05) is 11.3 Å². The molecule has 0 saturated heterocycles. The molecule has 2 amide bonds. The molecule has 3 N–H and O–H groups in total. The molecule has 0 fully saturated rings. The zero-order valence-electron chi connectivity index (χ0n) is 17.1. The molecule has 0 radical (unpaired) electrons. The van der Waals surface area contributed by atoms with Gasteiger partial charge in [-0.3, -0.25) is 9.59 Å². The highest BCUT2D eigenvalue weighted by atomic mass is 32.2. The van der Waals surface area contributed by atoms with Crippen molar-refractivity contribution in [1.82, 2.24) is 10.0 Å². The van der Waals surface area contributed by atoms with E-state index in [9.17, 15) is 18.0 Å². The average molecular weight is 442 g/mol. The Kier molecular flexibility index (Phi) is 6.88. The van der Waals surface area contributed by atoms with E-state index in [0.29, 0.717) is 11.4 Å². The summed E-state index contributed by atoms with van der Waals surface area (Å²) in [6.07, 6.45) is 1.45. The van der Waals surface area contributed by atoms with E-state index in [1.165, 1.54) is 30.5 Å². The number of furan rings is 1. The summed E-state index contributed by atoms with van der Waals surface area (Å²) in [6.45, 7) is 3.58. The van der Waals surface area contributed by atoms with Gasteiger partial charge in [0.2, 0.25) is 15.9 Å². The van der Waals surface area contributed by atoms with Crippen LogP contribution in [-0.4, -0.2) is 26.8 Å².